The molecular formula is C22H33IN4O2S. The molecule has 2 aromatic rings. The van der Waals surface area contributed by atoms with Crippen LogP contribution in [0.5, 0.6) is 0 Å². The molecule has 1 aromatic carbocycles. The molecule has 0 bridgehead atoms. The van der Waals surface area contributed by atoms with Crippen molar-refractivity contribution in [1.29, 1.82) is 0 Å². The van der Waals surface area contributed by atoms with Crippen LogP contribution in [0.25, 0.3) is 0 Å². The van der Waals surface area contributed by atoms with Crippen molar-refractivity contribution >= 4 is 41.3 Å². The van der Waals surface area contributed by atoms with E-state index in [9.17, 15) is 0 Å². The van der Waals surface area contributed by atoms with Crippen LogP contribution in [-0.4, -0.2) is 43.9 Å². The predicted molar refractivity (Wildman–Crippen MR) is 134 cm³/mol. The first-order valence-corrected chi connectivity index (χ1v) is 11.1. The third-order valence-corrected chi connectivity index (χ3v) is 6.17. The van der Waals surface area contributed by atoms with Crippen LogP contribution in [-0.2, 0) is 29.0 Å². The monoisotopic (exact) mass is 544 g/mol. The summed E-state index contributed by atoms with van der Waals surface area (Å²) in [6, 6.07) is 8.52. The van der Waals surface area contributed by atoms with Crippen molar-refractivity contribution in [3.8, 4) is 0 Å². The standard InChI is InChI=1S/C22H32N4O2S.HI/c1-16-17(2)29-21(26-16)7-10-24-22(23-3)25-14-18-5-4-6-19(13-18)15-28-20-8-11-27-12-9-20;/h4-6,13,20H,7-12,14-15H2,1-3H3,(H2,23,24,25);1H. The Bertz CT molecular complexity index is 787. The molecule has 0 saturated carbocycles. The van der Waals surface area contributed by atoms with Crippen molar-refractivity contribution in [1.82, 2.24) is 15.6 Å². The normalized spacial score (nSPS) is 15.0. The van der Waals surface area contributed by atoms with Gasteiger partial charge < -0.3 is 20.1 Å². The molecule has 1 aliphatic heterocycles. The third-order valence-electron chi connectivity index (χ3n) is 5.03. The second kappa shape index (κ2) is 13.2. The molecule has 0 unspecified atom stereocenters. The average molecular weight is 545 g/mol. The maximum atomic E-state index is 6.03. The van der Waals surface area contributed by atoms with Gasteiger partial charge in [-0.3, -0.25) is 4.99 Å². The zero-order valence-corrected chi connectivity index (χ0v) is 21.2. The highest BCUT2D eigenvalue weighted by Gasteiger charge is 2.14. The SMILES string of the molecule is CN=C(NCCc1nc(C)c(C)s1)NCc1cccc(COC2CCOCC2)c1.I. The lowest BCUT2D eigenvalue weighted by atomic mass is 10.1. The molecule has 1 saturated heterocycles. The largest absolute Gasteiger partial charge is 0.381 e. The summed E-state index contributed by atoms with van der Waals surface area (Å²) in [4.78, 5) is 10.2. The highest BCUT2D eigenvalue weighted by molar-refractivity contribution is 14.0. The number of ether oxygens (including phenoxy) is 2. The lowest BCUT2D eigenvalue weighted by Gasteiger charge is -2.22. The number of nitrogens with one attached hydrogen (secondary N) is 2. The lowest BCUT2D eigenvalue weighted by molar-refractivity contribution is -0.0390. The maximum Gasteiger partial charge on any atom is 0.191 e. The van der Waals surface area contributed by atoms with E-state index in [2.05, 4.69) is 58.7 Å². The molecule has 0 aliphatic carbocycles. The Morgan fingerprint density at radius 3 is 2.70 bits per heavy atom. The second-order valence-electron chi connectivity index (χ2n) is 7.29. The first-order chi connectivity index (χ1) is 14.1. The molecule has 1 fully saturated rings. The van der Waals surface area contributed by atoms with E-state index in [-0.39, 0.29) is 24.0 Å². The van der Waals surface area contributed by atoms with E-state index < -0.39 is 0 Å². The van der Waals surface area contributed by atoms with Crippen molar-refractivity contribution in [3.63, 3.8) is 0 Å². The van der Waals surface area contributed by atoms with Gasteiger partial charge in [0, 0.05) is 44.6 Å². The Labute approximate surface area is 200 Å². The Balaban J connectivity index is 0.00000320. The molecule has 2 heterocycles. The summed E-state index contributed by atoms with van der Waals surface area (Å²) in [5.41, 5.74) is 3.55. The Morgan fingerprint density at radius 2 is 2.00 bits per heavy atom. The molecule has 30 heavy (non-hydrogen) atoms. The van der Waals surface area contributed by atoms with Gasteiger partial charge in [-0.25, -0.2) is 4.98 Å². The number of nitrogens with zero attached hydrogens (tertiary/aromatic N) is 2. The summed E-state index contributed by atoms with van der Waals surface area (Å²) < 4.78 is 11.4. The Morgan fingerprint density at radius 1 is 1.23 bits per heavy atom. The van der Waals surface area contributed by atoms with E-state index in [0.29, 0.717) is 12.7 Å². The van der Waals surface area contributed by atoms with Crippen LogP contribution < -0.4 is 10.6 Å². The van der Waals surface area contributed by atoms with Crippen molar-refractivity contribution in [2.24, 2.45) is 4.99 Å². The molecule has 0 amide bonds. The molecular weight excluding hydrogens is 511 g/mol. The van der Waals surface area contributed by atoms with Crippen molar-refractivity contribution < 1.29 is 9.47 Å². The van der Waals surface area contributed by atoms with Gasteiger partial charge in [-0.1, -0.05) is 24.3 Å². The number of hydrogen-bond donors (Lipinski definition) is 2. The van der Waals surface area contributed by atoms with E-state index in [0.717, 1.165) is 57.2 Å². The molecule has 3 rings (SSSR count). The van der Waals surface area contributed by atoms with Gasteiger partial charge in [0.25, 0.3) is 0 Å². The van der Waals surface area contributed by atoms with Crippen LogP contribution in [0, 0.1) is 13.8 Å². The van der Waals surface area contributed by atoms with Crippen LogP contribution >= 0.6 is 35.3 Å². The number of aliphatic imine (C=N–C) groups is 1. The molecule has 2 N–H and O–H groups in total. The van der Waals surface area contributed by atoms with Crippen LogP contribution in [0.3, 0.4) is 0 Å². The van der Waals surface area contributed by atoms with Gasteiger partial charge in [-0.05, 0) is 37.8 Å². The van der Waals surface area contributed by atoms with E-state index in [1.165, 1.54) is 21.0 Å². The van der Waals surface area contributed by atoms with E-state index in [1.54, 1.807) is 18.4 Å². The van der Waals surface area contributed by atoms with Gasteiger partial charge in [0.15, 0.2) is 5.96 Å². The maximum absolute atomic E-state index is 6.03. The van der Waals surface area contributed by atoms with Crippen molar-refractivity contribution in [3.05, 3.63) is 51.0 Å². The minimum absolute atomic E-state index is 0. The zero-order chi connectivity index (χ0) is 20.5. The Hall–Kier alpha value is -1.23. The van der Waals surface area contributed by atoms with Crippen LogP contribution in [0.2, 0.25) is 0 Å². The molecule has 0 radical (unpaired) electrons. The van der Waals surface area contributed by atoms with Gasteiger partial charge in [0.05, 0.1) is 23.4 Å². The number of halogens is 1. The van der Waals surface area contributed by atoms with Gasteiger partial charge in [-0.2, -0.15) is 0 Å². The fraction of sp³-hybridized carbons (Fsp3) is 0.545. The van der Waals surface area contributed by atoms with E-state index in [1.807, 2.05) is 0 Å². The lowest BCUT2D eigenvalue weighted by Crippen LogP contribution is -2.37. The highest BCUT2D eigenvalue weighted by Crippen LogP contribution is 2.16. The van der Waals surface area contributed by atoms with Crippen LogP contribution in [0.15, 0.2) is 29.3 Å². The molecule has 0 atom stereocenters. The number of aryl methyl sites for hydroxylation is 2. The minimum Gasteiger partial charge on any atom is -0.381 e. The fourth-order valence-corrected chi connectivity index (χ4v) is 4.16. The molecule has 166 valence electrons. The molecule has 6 nitrogen and oxygen atoms in total. The van der Waals surface area contributed by atoms with Gasteiger partial charge in [0.1, 0.15) is 0 Å². The second-order valence-corrected chi connectivity index (χ2v) is 8.58. The van der Waals surface area contributed by atoms with Crippen molar-refractivity contribution in [2.75, 3.05) is 26.8 Å². The smallest absolute Gasteiger partial charge is 0.191 e. The number of guanidine groups is 1. The third kappa shape index (κ3) is 8.13. The number of hydrogen-bond acceptors (Lipinski definition) is 5. The molecule has 1 aliphatic rings. The predicted octanol–water partition coefficient (Wildman–Crippen LogP) is 3.98. The van der Waals surface area contributed by atoms with Crippen molar-refractivity contribution in [2.45, 2.75) is 52.4 Å². The summed E-state index contributed by atoms with van der Waals surface area (Å²) in [7, 11) is 1.80. The number of benzene rings is 1. The summed E-state index contributed by atoms with van der Waals surface area (Å²) >= 11 is 1.77. The van der Waals surface area contributed by atoms with Crippen LogP contribution in [0.4, 0.5) is 0 Å². The summed E-state index contributed by atoms with van der Waals surface area (Å²) in [6.07, 6.45) is 3.20. The first kappa shape index (κ1) is 25.0. The number of aromatic nitrogens is 1. The van der Waals surface area contributed by atoms with E-state index >= 15 is 0 Å². The molecule has 1 aromatic heterocycles. The minimum atomic E-state index is 0. The summed E-state index contributed by atoms with van der Waals surface area (Å²) in [6.45, 7) is 7.98. The highest BCUT2D eigenvalue weighted by atomic mass is 127. The topological polar surface area (TPSA) is 67.8 Å². The number of rotatable bonds is 8. The first-order valence-electron chi connectivity index (χ1n) is 10.3. The van der Waals surface area contributed by atoms with Gasteiger partial charge >= 0.3 is 0 Å². The van der Waals surface area contributed by atoms with Gasteiger partial charge in [-0.15, -0.1) is 35.3 Å². The number of thiazole rings is 1. The summed E-state index contributed by atoms with van der Waals surface area (Å²) in [5, 5.41) is 7.92. The van der Waals surface area contributed by atoms with Crippen LogP contribution in [0.1, 0.15) is 39.5 Å². The zero-order valence-electron chi connectivity index (χ0n) is 18.1. The average Bonchev–Trinajstić information content (AvgIpc) is 3.07. The quantitative estimate of drug-likeness (QED) is 0.299. The molecule has 0 spiro atoms. The van der Waals surface area contributed by atoms with E-state index in [4.69, 9.17) is 9.47 Å². The molecule has 8 heteroatoms. The Kier molecular flexibility index (Phi) is 11.0. The summed E-state index contributed by atoms with van der Waals surface area (Å²) in [5.74, 6) is 0.804. The fourth-order valence-electron chi connectivity index (χ4n) is 3.23. The van der Waals surface area contributed by atoms with Gasteiger partial charge in [0.2, 0.25) is 0 Å².